The van der Waals surface area contributed by atoms with Gasteiger partial charge in [-0.25, -0.2) is 4.98 Å². The van der Waals surface area contributed by atoms with Gasteiger partial charge < -0.3 is 10.1 Å². The highest BCUT2D eigenvalue weighted by molar-refractivity contribution is 6.32. The fourth-order valence-electron chi connectivity index (χ4n) is 2.27. The summed E-state index contributed by atoms with van der Waals surface area (Å²) in [6, 6.07) is 2.62. The topological polar surface area (TPSA) is 34.2 Å². The van der Waals surface area contributed by atoms with Gasteiger partial charge in [-0.3, -0.25) is 0 Å². The van der Waals surface area contributed by atoms with Crippen LogP contribution in [0, 0.1) is 0 Å². The molecule has 0 amide bonds. The van der Waals surface area contributed by atoms with E-state index < -0.39 is 0 Å². The van der Waals surface area contributed by atoms with Gasteiger partial charge in [0.15, 0.2) is 0 Å². The van der Waals surface area contributed by atoms with Crippen molar-refractivity contribution in [2.75, 3.05) is 12.4 Å². The predicted octanol–water partition coefficient (Wildman–Crippen LogP) is 1.31. The van der Waals surface area contributed by atoms with Crippen LogP contribution in [0.15, 0.2) is 18.8 Å². The minimum atomic E-state index is 0.550. The lowest BCUT2D eigenvalue weighted by molar-refractivity contribution is 0.371. The van der Waals surface area contributed by atoms with Crippen LogP contribution in [0.2, 0.25) is 0 Å². The van der Waals surface area contributed by atoms with Gasteiger partial charge in [0, 0.05) is 12.2 Å². The van der Waals surface area contributed by atoms with E-state index in [2.05, 4.69) is 22.9 Å². The number of ether oxygens (including phenoxy) is 1. The molecule has 17 heavy (non-hydrogen) atoms. The monoisotopic (exact) mass is 230 g/mol. The molecule has 0 bridgehead atoms. The largest absolute Gasteiger partial charge is 0.497 e. The molecule has 0 unspecified atom stereocenters. The first kappa shape index (κ1) is 12.0. The maximum Gasteiger partial charge on any atom is 0.141 e. The van der Waals surface area contributed by atoms with Crippen LogP contribution in [0.4, 0.5) is 5.82 Å². The van der Waals surface area contributed by atoms with Crippen LogP contribution < -0.4 is 10.8 Å². The second-order valence-electron chi connectivity index (χ2n) is 4.66. The molecule has 0 radical (unpaired) electrons. The molecule has 1 aromatic heterocycles. The summed E-state index contributed by atoms with van der Waals surface area (Å²) in [5.74, 6) is 1.57. The van der Waals surface area contributed by atoms with E-state index in [0.717, 1.165) is 16.8 Å². The van der Waals surface area contributed by atoms with Crippen molar-refractivity contribution in [3.63, 3.8) is 0 Å². The number of rotatable bonds is 4. The standard InChI is InChI=1S/C13H19BN2O/c1-9(17-2)12-7-10(14)8-15-13(12)16-11-5-3-4-6-11/h7-8,11H,1,3-6,14H2,2H3,(H,15,16). The summed E-state index contributed by atoms with van der Waals surface area (Å²) in [6.07, 6.45) is 6.96. The van der Waals surface area contributed by atoms with Gasteiger partial charge in [0.05, 0.1) is 12.7 Å². The second-order valence-corrected chi connectivity index (χ2v) is 4.66. The Bertz CT molecular complexity index is 414. The van der Waals surface area contributed by atoms with Gasteiger partial charge in [0.1, 0.15) is 19.4 Å². The molecule has 1 aromatic rings. The lowest BCUT2D eigenvalue weighted by Crippen LogP contribution is -2.18. The molecule has 0 spiro atoms. The van der Waals surface area contributed by atoms with Crippen LogP contribution in [0.25, 0.3) is 5.76 Å². The summed E-state index contributed by atoms with van der Waals surface area (Å²) >= 11 is 0. The second kappa shape index (κ2) is 5.26. The number of nitrogens with one attached hydrogen (secondary N) is 1. The van der Waals surface area contributed by atoms with Crippen LogP contribution in [0.1, 0.15) is 31.2 Å². The van der Waals surface area contributed by atoms with Crippen LogP contribution in [0.3, 0.4) is 0 Å². The molecule has 1 saturated carbocycles. The van der Waals surface area contributed by atoms with Gasteiger partial charge in [0.25, 0.3) is 0 Å². The van der Waals surface area contributed by atoms with Gasteiger partial charge in [-0.05, 0) is 12.8 Å². The Labute approximate surface area is 104 Å². The number of nitrogens with zero attached hydrogens (tertiary/aromatic N) is 1. The lowest BCUT2D eigenvalue weighted by Gasteiger charge is -2.17. The molecule has 0 atom stereocenters. The summed E-state index contributed by atoms with van der Waals surface area (Å²) in [6.45, 7) is 3.92. The first-order valence-electron chi connectivity index (χ1n) is 6.17. The molecule has 1 aliphatic carbocycles. The molecular weight excluding hydrogens is 211 g/mol. The van der Waals surface area contributed by atoms with Crippen molar-refractivity contribution in [2.45, 2.75) is 31.7 Å². The molecule has 0 aromatic carbocycles. The maximum atomic E-state index is 5.22. The number of anilines is 1. The average molecular weight is 230 g/mol. The van der Waals surface area contributed by atoms with Crippen molar-refractivity contribution in [1.82, 2.24) is 4.98 Å². The fourth-order valence-corrected chi connectivity index (χ4v) is 2.27. The van der Waals surface area contributed by atoms with E-state index >= 15 is 0 Å². The Kier molecular flexibility index (Phi) is 3.72. The van der Waals surface area contributed by atoms with Crippen LogP contribution in [-0.2, 0) is 4.74 Å². The third-order valence-electron chi connectivity index (χ3n) is 3.27. The summed E-state index contributed by atoms with van der Waals surface area (Å²) in [7, 11) is 3.67. The van der Waals surface area contributed by atoms with Crippen LogP contribution >= 0.6 is 0 Å². The van der Waals surface area contributed by atoms with Crippen LogP contribution in [0.5, 0.6) is 0 Å². The van der Waals surface area contributed by atoms with Gasteiger partial charge >= 0.3 is 0 Å². The van der Waals surface area contributed by atoms with Gasteiger partial charge in [0.2, 0.25) is 0 Å². The maximum absolute atomic E-state index is 5.22. The number of hydrogen-bond donors (Lipinski definition) is 1. The smallest absolute Gasteiger partial charge is 0.141 e. The third-order valence-corrected chi connectivity index (χ3v) is 3.27. The first-order chi connectivity index (χ1) is 8.20. The molecule has 4 heteroatoms. The van der Waals surface area contributed by atoms with Gasteiger partial charge in [-0.1, -0.05) is 30.9 Å². The van der Waals surface area contributed by atoms with E-state index in [1.54, 1.807) is 7.11 Å². The Balaban J connectivity index is 2.22. The Morgan fingerprint density at radius 1 is 1.53 bits per heavy atom. The molecular formula is C13H19BN2O. The first-order valence-corrected chi connectivity index (χ1v) is 6.17. The summed E-state index contributed by atoms with van der Waals surface area (Å²) in [5, 5.41) is 3.50. The van der Waals surface area contributed by atoms with E-state index in [-0.39, 0.29) is 0 Å². The molecule has 0 saturated heterocycles. The number of hydrogen-bond acceptors (Lipinski definition) is 3. The zero-order valence-corrected chi connectivity index (χ0v) is 10.6. The zero-order valence-electron chi connectivity index (χ0n) is 10.6. The normalized spacial score (nSPS) is 15.8. The fraction of sp³-hybridized carbons (Fsp3) is 0.462. The van der Waals surface area contributed by atoms with E-state index in [4.69, 9.17) is 4.74 Å². The van der Waals surface area contributed by atoms with Crippen LogP contribution in [-0.4, -0.2) is 26.0 Å². The SMILES string of the molecule is Bc1cnc(NC2CCCC2)c(C(=C)OC)c1. The van der Waals surface area contributed by atoms with Crippen molar-refractivity contribution >= 4 is 24.9 Å². The van der Waals surface area contributed by atoms with E-state index in [1.807, 2.05) is 14.0 Å². The molecule has 2 rings (SSSR count). The highest BCUT2D eigenvalue weighted by Gasteiger charge is 2.17. The van der Waals surface area contributed by atoms with Crippen molar-refractivity contribution in [2.24, 2.45) is 0 Å². The lowest BCUT2D eigenvalue weighted by atomic mass is 9.96. The molecule has 1 aliphatic rings. The quantitative estimate of drug-likeness (QED) is 0.625. The average Bonchev–Trinajstić information content (AvgIpc) is 2.83. The minimum absolute atomic E-state index is 0.550. The third kappa shape index (κ3) is 2.81. The Morgan fingerprint density at radius 2 is 2.24 bits per heavy atom. The summed E-state index contributed by atoms with van der Waals surface area (Å²) < 4.78 is 5.22. The number of pyridine rings is 1. The van der Waals surface area contributed by atoms with Crippen molar-refractivity contribution in [1.29, 1.82) is 0 Å². The zero-order chi connectivity index (χ0) is 12.3. The van der Waals surface area contributed by atoms with Gasteiger partial charge in [-0.2, -0.15) is 0 Å². The number of aromatic nitrogens is 1. The molecule has 0 aliphatic heterocycles. The van der Waals surface area contributed by atoms with Crippen molar-refractivity contribution in [3.05, 3.63) is 24.4 Å². The Hall–Kier alpha value is -1.45. The molecule has 90 valence electrons. The van der Waals surface area contributed by atoms with E-state index in [0.29, 0.717) is 11.8 Å². The molecule has 1 heterocycles. The molecule has 3 nitrogen and oxygen atoms in total. The highest BCUT2D eigenvalue weighted by atomic mass is 16.5. The van der Waals surface area contributed by atoms with Crippen molar-refractivity contribution < 1.29 is 4.74 Å². The van der Waals surface area contributed by atoms with Gasteiger partial charge in [-0.15, -0.1) is 0 Å². The van der Waals surface area contributed by atoms with Crippen molar-refractivity contribution in [3.8, 4) is 0 Å². The summed E-state index contributed by atoms with van der Waals surface area (Å²) in [5.41, 5.74) is 2.09. The predicted molar refractivity (Wildman–Crippen MR) is 74.3 cm³/mol. The van der Waals surface area contributed by atoms with E-state index in [1.165, 1.54) is 25.7 Å². The minimum Gasteiger partial charge on any atom is -0.497 e. The molecule has 1 N–H and O–H groups in total. The highest BCUT2D eigenvalue weighted by Crippen LogP contribution is 2.25. The van der Waals surface area contributed by atoms with E-state index in [9.17, 15) is 0 Å². The summed E-state index contributed by atoms with van der Waals surface area (Å²) in [4.78, 5) is 4.46. The molecule has 1 fully saturated rings. The number of methoxy groups -OCH3 is 1. The Morgan fingerprint density at radius 3 is 2.88 bits per heavy atom.